The number of para-hydroxylation sites is 1. The Hall–Kier alpha value is -6.78. The van der Waals surface area contributed by atoms with E-state index in [9.17, 15) is 0 Å². The highest BCUT2D eigenvalue weighted by Gasteiger charge is 2.22. The standard InChI is InChI=1S/C47H30N2O2/c1-28(30-12-5-3-6-13-30)48-47(33-22-20-32(21-23-33)31-14-7-4-8-15-31)49-29(2)34-26-39-36-24-25-37-35-16-9-10-18-40(35)51-46(37)43(36)38-17-11-19-41-44(38)45(39)42(27-34)50-41/h3-27H,2H2,1H3. The van der Waals surface area contributed by atoms with Crippen molar-refractivity contribution in [1.29, 1.82) is 0 Å². The van der Waals surface area contributed by atoms with Gasteiger partial charge in [-0.1, -0.05) is 128 Å². The largest absolute Gasteiger partial charge is 0.456 e. The first-order valence-corrected chi connectivity index (χ1v) is 17.1. The quantitative estimate of drug-likeness (QED) is 0.105. The lowest BCUT2D eigenvalue weighted by molar-refractivity contribution is 0.669. The zero-order chi connectivity index (χ0) is 34.1. The van der Waals surface area contributed by atoms with Gasteiger partial charge in [-0.15, -0.1) is 0 Å². The van der Waals surface area contributed by atoms with Crippen molar-refractivity contribution in [2.45, 2.75) is 6.92 Å². The van der Waals surface area contributed by atoms with Crippen LogP contribution in [0.3, 0.4) is 0 Å². The smallest absolute Gasteiger partial charge is 0.160 e. The van der Waals surface area contributed by atoms with Crippen molar-refractivity contribution in [3.05, 3.63) is 175 Å². The highest BCUT2D eigenvalue weighted by molar-refractivity contribution is 6.37. The Morgan fingerprint density at radius 3 is 1.94 bits per heavy atom. The number of hydrogen-bond donors (Lipinski definition) is 0. The van der Waals surface area contributed by atoms with E-state index in [1.165, 1.54) is 0 Å². The molecule has 8 aromatic carbocycles. The van der Waals surface area contributed by atoms with E-state index in [0.717, 1.165) is 99.0 Å². The molecule has 0 radical (unpaired) electrons. The van der Waals surface area contributed by atoms with Crippen LogP contribution in [0.4, 0.5) is 0 Å². The molecule has 51 heavy (non-hydrogen) atoms. The Morgan fingerprint density at radius 1 is 0.451 bits per heavy atom. The first-order valence-electron chi connectivity index (χ1n) is 17.1. The molecule has 4 heteroatoms. The molecule has 0 N–H and O–H groups in total. The lowest BCUT2D eigenvalue weighted by Crippen LogP contribution is -2.04. The summed E-state index contributed by atoms with van der Waals surface area (Å²) in [7, 11) is 0. The maximum Gasteiger partial charge on any atom is 0.160 e. The van der Waals surface area contributed by atoms with Gasteiger partial charge in [-0.25, -0.2) is 9.98 Å². The van der Waals surface area contributed by atoms with Gasteiger partial charge in [0.05, 0.1) is 5.70 Å². The summed E-state index contributed by atoms with van der Waals surface area (Å²) in [4.78, 5) is 10.2. The first-order chi connectivity index (χ1) is 25.1. The molecule has 240 valence electrons. The first kappa shape index (κ1) is 29.2. The lowest BCUT2D eigenvalue weighted by atomic mass is 9.92. The molecule has 2 heterocycles. The van der Waals surface area contributed by atoms with Crippen molar-refractivity contribution in [2.75, 3.05) is 0 Å². The molecule has 0 unspecified atom stereocenters. The summed E-state index contributed by atoms with van der Waals surface area (Å²) in [5.74, 6) is 0.589. The van der Waals surface area contributed by atoms with Crippen LogP contribution in [-0.2, 0) is 0 Å². The van der Waals surface area contributed by atoms with Gasteiger partial charge < -0.3 is 8.83 Å². The predicted octanol–water partition coefficient (Wildman–Crippen LogP) is 12.8. The van der Waals surface area contributed by atoms with Crippen LogP contribution in [-0.4, -0.2) is 11.5 Å². The Morgan fingerprint density at radius 2 is 1.12 bits per heavy atom. The van der Waals surface area contributed by atoms with Crippen molar-refractivity contribution < 1.29 is 8.83 Å². The number of benzene rings is 8. The molecule has 10 aromatic rings. The Balaban J connectivity index is 1.17. The van der Waals surface area contributed by atoms with E-state index in [1.807, 2.05) is 49.4 Å². The number of nitrogens with zero attached hydrogens (tertiary/aromatic N) is 2. The van der Waals surface area contributed by atoms with Gasteiger partial charge in [-0.2, -0.15) is 0 Å². The van der Waals surface area contributed by atoms with Crippen LogP contribution >= 0.6 is 0 Å². The Kier molecular flexibility index (Phi) is 6.52. The molecule has 0 bridgehead atoms. The molecular formula is C47H30N2O2. The molecule has 0 saturated carbocycles. The third kappa shape index (κ3) is 4.68. The Bertz CT molecular complexity index is 3020. The molecule has 0 aliphatic heterocycles. The molecule has 0 fully saturated rings. The summed E-state index contributed by atoms with van der Waals surface area (Å²) >= 11 is 0. The fourth-order valence-corrected chi connectivity index (χ4v) is 7.51. The van der Waals surface area contributed by atoms with Crippen LogP contribution in [0.1, 0.15) is 23.6 Å². The van der Waals surface area contributed by atoms with Crippen molar-refractivity contribution in [3.63, 3.8) is 0 Å². The van der Waals surface area contributed by atoms with E-state index in [-0.39, 0.29) is 0 Å². The van der Waals surface area contributed by atoms with Crippen LogP contribution in [0, 0.1) is 0 Å². The maximum absolute atomic E-state index is 6.57. The zero-order valence-electron chi connectivity index (χ0n) is 27.9. The van der Waals surface area contributed by atoms with Gasteiger partial charge >= 0.3 is 0 Å². The topological polar surface area (TPSA) is 51.0 Å². The van der Waals surface area contributed by atoms with Gasteiger partial charge in [-0.3, -0.25) is 0 Å². The van der Waals surface area contributed by atoms with E-state index >= 15 is 0 Å². The minimum atomic E-state index is 0.589. The molecular weight excluding hydrogens is 625 g/mol. The predicted molar refractivity (Wildman–Crippen MR) is 213 cm³/mol. The van der Waals surface area contributed by atoms with Gasteiger partial charge in [-0.05, 0) is 70.1 Å². The fraction of sp³-hybridized carbons (Fsp3) is 0.0213. The van der Waals surface area contributed by atoms with Gasteiger partial charge in [0.25, 0.3) is 0 Å². The number of hydrogen-bond acceptors (Lipinski definition) is 3. The number of fused-ring (bicyclic) bond motifs is 7. The third-order valence-electron chi connectivity index (χ3n) is 9.99. The van der Waals surface area contributed by atoms with Crippen LogP contribution in [0.25, 0.3) is 82.2 Å². The maximum atomic E-state index is 6.57. The minimum Gasteiger partial charge on any atom is -0.456 e. The summed E-state index contributed by atoms with van der Waals surface area (Å²) in [6, 6.07) is 52.1. The third-order valence-corrected chi connectivity index (χ3v) is 9.99. The van der Waals surface area contributed by atoms with Crippen LogP contribution < -0.4 is 0 Å². The van der Waals surface area contributed by atoms with Gasteiger partial charge in [0.2, 0.25) is 0 Å². The van der Waals surface area contributed by atoms with E-state index < -0.39 is 0 Å². The zero-order valence-corrected chi connectivity index (χ0v) is 27.9. The van der Waals surface area contributed by atoms with Crippen LogP contribution in [0.15, 0.2) is 177 Å². The summed E-state index contributed by atoms with van der Waals surface area (Å²) in [6.07, 6.45) is 0. The second-order valence-corrected chi connectivity index (χ2v) is 13.0. The van der Waals surface area contributed by atoms with Crippen LogP contribution in [0.5, 0.6) is 0 Å². The molecule has 0 saturated heterocycles. The van der Waals surface area contributed by atoms with E-state index in [0.29, 0.717) is 11.5 Å². The van der Waals surface area contributed by atoms with Gasteiger partial charge in [0, 0.05) is 43.8 Å². The molecule has 10 rings (SSSR count). The van der Waals surface area contributed by atoms with Gasteiger partial charge in [0.15, 0.2) is 5.84 Å². The highest BCUT2D eigenvalue weighted by Crippen LogP contribution is 2.46. The summed E-state index contributed by atoms with van der Waals surface area (Å²) in [5, 5.41) is 8.78. The number of aliphatic imine (C=N–C) groups is 2. The van der Waals surface area contributed by atoms with E-state index in [2.05, 4.69) is 116 Å². The normalized spacial score (nSPS) is 12.7. The SMILES string of the molecule is C=C(N=C(N=C(C)c1ccccc1)c1ccc(-c2ccccc2)cc1)c1cc2oc3cccc4c5c(ccc6c7ccccc7oc65)c(c1)c2c34. The second-order valence-electron chi connectivity index (χ2n) is 13.0. The van der Waals surface area contributed by atoms with Crippen molar-refractivity contribution in [1.82, 2.24) is 0 Å². The Labute approximate surface area is 293 Å². The molecule has 2 aromatic heterocycles. The number of rotatable bonds is 5. The monoisotopic (exact) mass is 654 g/mol. The molecule has 4 nitrogen and oxygen atoms in total. The highest BCUT2D eigenvalue weighted by atomic mass is 16.3. The molecule has 0 spiro atoms. The van der Waals surface area contributed by atoms with E-state index in [1.54, 1.807) is 0 Å². The second kappa shape index (κ2) is 11.4. The average molecular weight is 655 g/mol. The van der Waals surface area contributed by atoms with Crippen molar-refractivity contribution in [3.8, 4) is 11.1 Å². The number of amidine groups is 1. The average Bonchev–Trinajstić information content (AvgIpc) is 3.76. The summed E-state index contributed by atoms with van der Waals surface area (Å²) in [6.45, 7) is 6.52. The molecule has 0 amide bonds. The van der Waals surface area contributed by atoms with Crippen LogP contribution in [0.2, 0.25) is 0 Å². The summed E-state index contributed by atoms with van der Waals surface area (Å²) in [5.41, 5.74) is 9.96. The molecule has 0 aliphatic carbocycles. The van der Waals surface area contributed by atoms with Crippen molar-refractivity contribution >= 4 is 82.7 Å². The number of furan rings is 2. The summed E-state index contributed by atoms with van der Waals surface area (Å²) < 4.78 is 13.1. The minimum absolute atomic E-state index is 0.589. The van der Waals surface area contributed by atoms with Crippen molar-refractivity contribution in [2.24, 2.45) is 9.98 Å². The molecule has 0 atom stereocenters. The van der Waals surface area contributed by atoms with E-state index in [4.69, 9.17) is 18.8 Å². The lowest BCUT2D eigenvalue weighted by Gasteiger charge is -2.11. The fourth-order valence-electron chi connectivity index (χ4n) is 7.51. The molecule has 0 aliphatic rings. The van der Waals surface area contributed by atoms with Gasteiger partial charge in [0.1, 0.15) is 22.3 Å².